The molecule has 1 aromatic rings. The molecule has 0 atom stereocenters. The first-order chi connectivity index (χ1) is 6.22. The van der Waals surface area contributed by atoms with Gasteiger partial charge in [0.1, 0.15) is 5.75 Å². The summed E-state index contributed by atoms with van der Waals surface area (Å²) in [5.41, 5.74) is 1.35. The molecule has 0 radical (unpaired) electrons. The van der Waals surface area contributed by atoms with Gasteiger partial charge in [-0.1, -0.05) is 12.1 Å². The third kappa shape index (κ3) is 3.73. The highest BCUT2D eigenvalue weighted by molar-refractivity contribution is 7.97. The predicted molar refractivity (Wildman–Crippen MR) is 59.4 cm³/mol. The van der Waals surface area contributed by atoms with Crippen molar-refractivity contribution < 1.29 is 4.74 Å². The number of hydrogen-bond acceptors (Lipinski definition) is 2. The molecule has 72 valence electrons. The lowest BCUT2D eigenvalue weighted by molar-refractivity contribution is 0.242. The number of benzene rings is 1. The maximum Gasteiger partial charge on any atom is 0.119 e. The summed E-state index contributed by atoms with van der Waals surface area (Å²) in [6.45, 7) is 4.08. The van der Waals surface area contributed by atoms with Crippen molar-refractivity contribution in [2.45, 2.75) is 25.7 Å². The maximum absolute atomic E-state index is 5.54. The van der Waals surface area contributed by atoms with E-state index < -0.39 is 0 Å². The molecule has 0 unspecified atom stereocenters. The Morgan fingerprint density at radius 1 is 1.23 bits per heavy atom. The van der Waals surface area contributed by atoms with Gasteiger partial charge < -0.3 is 4.74 Å². The van der Waals surface area contributed by atoms with E-state index in [0.29, 0.717) is 0 Å². The molecule has 0 amide bonds. The first-order valence-corrected chi connectivity index (χ1v) is 5.86. The van der Waals surface area contributed by atoms with Crippen LogP contribution in [-0.2, 0) is 5.75 Å². The van der Waals surface area contributed by atoms with Gasteiger partial charge in [-0.15, -0.1) is 0 Å². The molecule has 0 aliphatic carbocycles. The number of thioether (sulfide) groups is 1. The van der Waals surface area contributed by atoms with E-state index in [1.807, 2.05) is 37.7 Å². The number of rotatable bonds is 4. The van der Waals surface area contributed by atoms with E-state index in [1.165, 1.54) is 5.56 Å². The minimum absolute atomic E-state index is 0.256. The predicted octanol–water partition coefficient (Wildman–Crippen LogP) is 3.34. The second kappa shape index (κ2) is 5.18. The normalized spacial score (nSPS) is 10.5. The third-order valence-electron chi connectivity index (χ3n) is 1.61. The minimum atomic E-state index is 0.256. The first-order valence-electron chi connectivity index (χ1n) is 4.47. The third-order valence-corrected chi connectivity index (χ3v) is 2.23. The summed E-state index contributed by atoms with van der Waals surface area (Å²) in [4.78, 5) is 0. The van der Waals surface area contributed by atoms with Gasteiger partial charge in [-0.2, -0.15) is 11.8 Å². The van der Waals surface area contributed by atoms with E-state index in [4.69, 9.17) is 4.74 Å². The molecule has 13 heavy (non-hydrogen) atoms. The zero-order valence-corrected chi connectivity index (χ0v) is 9.23. The Morgan fingerprint density at radius 2 is 1.85 bits per heavy atom. The van der Waals surface area contributed by atoms with Gasteiger partial charge in [-0.3, -0.25) is 0 Å². The van der Waals surface area contributed by atoms with Gasteiger partial charge in [0, 0.05) is 5.75 Å². The quantitative estimate of drug-likeness (QED) is 0.730. The van der Waals surface area contributed by atoms with Gasteiger partial charge in [0.15, 0.2) is 0 Å². The Hall–Kier alpha value is -0.630. The Labute approximate surface area is 84.5 Å². The summed E-state index contributed by atoms with van der Waals surface area (Å²) in [6, 6.07) is 8.31. The minimum Gasteiger partial charge on any atom is -0.491 e. The zero-order valence-electron chi connectivity index (χ0n) is 8.41. The van der Waals surface area contributed by atoms with Gasteiger partial charge in [0.05, 0.1) is 6.10 Å². The van der Waals surface area contributed by atoms with Crippen LogP contribution in [0.25, 0.3) is 0 Å². The van der Waals surface area contributed by atoms with E-state index in [9.17, 15) is 0 Å². The van der Waals surface area contributed by atoms with Crippen LogP contribution in [0.2, 0.25) is 0 Å². The molecule has 0 aliphatic heterocycles. The van der Waals surface area contributed by atoms with E-state index in [1.54, 1.807) is 0 Å². The van der Waals surface area contributed by atoms with Crippen LogP contribution in [0.3, 0.4) is 0 Å². The highest BCUT2D eigenvalue weighted by atomic mass is 32.2. The fraction of sp³-hybridized carbons (Fsp3) is 0.455. The maximum atomic E-state index is 5.54. The van der Waals surface area contributed by atoms with E-state index >= 15 is 0 Å². The molecule has 1 aromatic carbocycles. The molecule has 0 saturated heterocycles. The van der Waals surface area contributed by atoms with Crippen molar-refractivity contribution in [3.8, 4) is 5.75 Å². The molecule has 1 nitrogen and oxygen atoms in total. The summed E-state index contributed by atoms with van der Waals surface area (Å²) < 4.78 is 5.54. The second-order valence-electron chi connectivity index (χ2n) is 3.24. The van der Waals surface area contributed by atoms with Crippen molar-refractivity contribution in [1.29, 1.82) is 0 Å². The zero-order chi connectivity index (χ0) is 9.68. The molecule has 0 N–H and O–H groups in total. The van der Waals surface area contributed by atoms with Crippen LogP contribution in [0.1, 0.15) is 19.4 Å². The lowest BCUT2D eigenvalue weighted by Crippen LogP contribution is -2.05. The van der Waals surface area contributed by atoms with Crippen LogP contribution in [-0.4, -0.2) is 12.4 Å². The molecule has 0 saturated carbocycles. The van der Waals surface area contributed by atoms with Gasteiger partial charge >= 0.3 is 0 Å². The summed E-state index contributed by atoms with van der Waals surface area (Å²) in [6.07, 6.45) is 2.37. The molecule has 0 bridgehead atoms. The Balaban J connectivity index is 2.59. The Bertz CT molecular complexity index is 241. The van der Waals surface area contributed by atoms with Crippen LogP contribution in [0.15, 0.2) is 24.3 Å². The van der Waals surface area contributed by atoms with Gasteiger partial charge in [0.25, 0.3) is 0 Å². The van der Waals surface area contributed by atoms with E-state index in [-0.39, 0.29) is 6.10 Å². The van der Waals surface area contributed by atoms with Crippen molar-refractivity contribution in [2.24, 2.45) is 0 Å². The summed E-state index contributed by atoms with van der Waals surface area (Å²) >= 11 is 1.83. The molecular weight excluding hydrogens is 180 g/mol. The smallest absolute Gasteiger partial charge is 0.119 e. The van der Waals surface area contributed by atoms with E-state index in [2.05, 4.69) is 18.4 Å². The first kappa shape index (κ1) is 10.5. The lowest BCUT2D eigenvalue weighted by Gasteiger charge is -2.09. The SMILES string of the molecule is CSCc1ccc(OC(C)C)cc1. The standard InChI is InChI=1S/C11H16OS/c1-9(2)12-11-6-4-10(5-7-11)8-13-3/h4-7,9H,8H2,1-3H3. The van der Waals surface area contributed by atoms with Gasteiger partial charge in [-0.05, 0) is 37.8 Å². The van der Waals surface area contributed by atoms with Crippen LogP contribution in [0.5, 0.6) is 5.75 Å². The van der Waals surface area contributed by atoms with Crippen LogP contribution in [0, 0.1) is 0 Å². The van der Waals surface area contributed by atoms with Crippen LogP contribution in [0.4, 0.5) is 0 Å². The van der Waals surface area contributed by atoms with Crippen molar-refractivity contribution in [1.82, 2.24) is 0 Å². The molecule has 0 aliphatic rings. The largest absolute Gasteiger partial charge is 0.491 e. The second-order valence-corrected chi connectivity index (χ2v) is 4.11. The fourth-order valence-electron chi connectivity index (χ4n) is 1.10. The van der Waals surface area contributed by atoms with Crippen molar-refractivity contribution >= 4 is 11.8 Å². The van der Waals surface area contributed by atoms with Crippen molar-refractivity contribution in [2.75, 3.05) is 6.26 Å². The molecule has 2 heteroatoms. The Morgan fingerprint density at radius 3 is 2.31 bits per heavy atom. The summed E-state index contributed by atoms with van der Waals surface area (Å²) in [7, 11) is 0. The number of ether oxygens (including phenoxy) is 1. The summed E-state index contributed by atoms with van der Waals surface area (Å²) in [5, 5.41) is 0. The monoisotopic (exact) mass is 196 g/mol. The molecule has 1 rings (SSSR count). The molecular formula is C11H16OS. The molecule has 0 fully saturated rings. The fourth-order valence-corrected chi connectivity index (χ4v) is 1.63. The summed E-state index contributed by atoms with van der Waals surface area (Å²) in [5.74, 6) is 2.03. The van der Waals surface area contributed by atoms with Gasteiger partial charge in [0.2, 0.25) is 0 Å². The Kier molecular flexibility index (Phi) is 4.16. The lowest BCUT2D eigenvalue weighted by atomic mass is 10.2. The van der Waals surface area contributed by atoms with Crippen LogP contribution >= 0.6 is 11.8 Å². The molecule has 0 spiro atoms. The van der Waals surface area contributed by atoms with Crippen molar-refractivity contribution in [3.05, 3.63) is 29.8 Å². The highest BCUT2D eigenvalue weighted by Gasteiger charge is 1.97. The molecule has 0 heterocycles. The number of hydrogen-bond donors (Lipinski definition) is 0. The van der Waals surface area contributed by atoms with E-state index in [0.717, 1.165) is 11.5 Å². The average Bonchev–Trinajstić information content (AvgIpc) is 2.08. The molecule has 0 aromatic heterocycles. The van der Waals surface area contributed by atoms with Crippen LogP contribution < -0.4 is 4.74 Å². The average molecular weight is 196 g/mol. The van der Waals surface area contributed by atoms with Crippen molar-refractivity contribution in [3.63, 3.8) is 0 Å². The topological polar surface area (TPSA) is 9.23 Å². The highest BCUT2D eigenvalue weighted by Crippen LogP contribution is 2.16. The van der Waals surface area contributed by atoms with Gasteiger partial charge in [-0.25, -0.2) is 0 Å².